The summed E-state index contributed by atoms with van der Waals surface area (Å²) in [6.07, 6.45) is 11.1. The maximum Gasteiger partial charge on any atom is 0.129 e. The van der Waals surface area contributed by atoms with Crippen molar-refractivity contribution in [1.82, 2.24) is 0 Å². The molecule has 22 heavy (non-hydrogen) atoms. The first kappa shape index (κ1) is 17.4. The summed E-state index contributed by atoms with van der Waals surface area (Å²) < 4.78 is 28.2. The zero-order chi connectivity index (χ0) is 15.9. The highest BCUT2D eigenvalue weighted by atomic mass is 19.1. The molecule has 0 amide bonds. The molecule has 1 fully saturated rings. The Balaban J connectivity index is 1.94. The molecule has 0 bridgehead atoms. The molecule has 1 saturated carbocycles. The predicted octanol–water partition coefficient (Wildman–Crippen LogP) is 6.77. The van der Waals surface area contributed by atoms with Gasteiger partial charge in [0.05, 0.1) is 0 Å². The lowest BCUT2D eigenvalue weighted by atomic mass is 9.77. The minimum atomic E-state index is -0.345. The zero-order valence-electron chi connectivity index (χ0n) is 14.1. The fourth-order valence-corrected chi connectivity index (χ4v) is 3.81. The molecule has 0 nitrogen and oxygen atoms in total. The minimum absolute atomic E-state index is 0.263. The average molecular weight is 308 g/mol. The van der Waals surface area contributed by atoms with Crippen molar-refractivity contribution in [2.75, 3.05) is 0 Å². The van der Waals surface area contributed by atoms with E-state index in [1.807, 2.05) is 6.92 Å². The van der Waals surface area contributed by atoms with Crippen molar-refractivity contribution >= 4 is 0 Å². The van der Waals surface area contributed by atoms with Gasteiger partial charge in [0.1, 0.15) is 11.6 Å². The first-order valence-electron chi connectivity index (χ1n) is 9.13. The van der Waals surface area contributed by atoms with Gasteiger partial charge in [-0.1, -0.05) is 46.0 Å². The third kappa shape index (κ3) is 4.54. The van der Waals surface area contributed by atoms with Gasteiger partial charge in [-0.3, -0.25) is 0 Å². The zero-order valence-corrected chi connectivity index (χ0v) is 14.1. The molecular formula is C20H30F2. The van der Waals surface area contributed by atoms with Gasteiger partial charge in [0, 0.05) is 5.56 Å². The van der Waals surface area contributed by atoms with Gasteiger partial charge < -0.3 is 0 Å². The van der Waals surface area contributed by atoms with E-state index in [0.717, 1.165) is 30.7 Å². The van der Waals surface area contributed by atoms with Crippen LogP contribution < -0.4 is 0 Å². The van der Waals surface area contributed by atoms with Crippen molar-refractivity contribution in [2.45, 2.75) is 84.0 Å². The highest BCUT2D eigenvalue weighted by molar-refractivity contribution is 5.29. The van der Waals surface area contributed by atoms with Crippen LogP contribution in [-0.4, -0.2) is 0 Å². The summed E-state index contributed by atoms with van der Waals surface area (Å²) in [6.45, 7) is 4.19. The maximum atomic E-state index is 14.1. The number of benzene rings is 1. The molecule has 1 aromatic rings. The van der Waals surface area contributed by atoms with Gasteiger partial charge >= 0.3 is 0 Å². The Morgan fingerprint density at radius 3 is 2.09 bits per heavy atom. The molecule has 0 saturated heterocycles. The Hall–Kier alpha value is -0.920. The fourth-order valence-electron chi connectivity index (χ4n) is 3.81. The molecule has 124 valence electrons. The van der Waals surface area contributed by atoms with Gasteiger partial charge in [-0.2, -0.15) is 0 Å². The largest absolute Gasteiger partial charge is 0.207 e. The Kier molecular flexibility index (Phi) is 6.85. The Morgan fingerprint density at radius 1 is 0.909 bits per heavy atom. The van der Waals surface area contributed by atoms with Gasteiger partial charge in [0.25, 0.3) is 0 Å². The van der Waals surface area contributed by atoms with E-state index in [1.54, 1.807) is 12.1 Å². The van der Waals surface area contributed by atoms with Gasteiger partial charge in [-0.05, 0) is 61.6 Å². The molecule has 0 radical (unpaired) electrons. The summed E-state index contributed by atoms with van der Waals surface area (Å²) in [7, 11) is 0. The first-order valence-corrected chi connectivity index (χ1v) is 9.13. The van der Waals surface area contributed by atoms with Gasteiger partial charge in [-0.15, -0.1) is 0 Å². The highest BCUT2D eigenvalue weighted by Crippen LogP contribution is 2.38. The molecule has 2 rings (SSSR count). The van der Waals surface area contributed by atoms with Crippen LogP contribution in [0.3, 0.4) is 0 Å². The van der Waals surface area contributed by atoms with Crippen LogP contribution in [-0.2, 0) is 6.42 Å². The molecule has 0 aromatic heterocycles. The molecule has 0 unspecified atom stereocenters. The normalized spacial score (nSPS) is 22.0. The fraction of sp³-hybridized carbons (Fsp3) is 0.700. The van der Waals surface area contributed by atoms with Crippen molar-refractivity contribution in [3.8, 4) is 0 Å². The molecule has 1 aliphatic rings. The lowest BCUT2D eigenvalue weighted by molar-refractivity contribution is 0.302. The lowest BCUT2D eigenvalue weighted by Crippen LogP contribution is -2.14. The number of rotatable bonds is 7. The van der Waals surface area contributed by atoms with Crippen molar-refractivity contribution in [2.24, 2.45) is 5.92 Å². The Morgan fingerprint density at radius 2 is 1.55 bits per heavy atom. The van der Waals surface area contributed by atoms with Crippen molar-refractivity contribution in [1.29, 1.82) is 0 Å². The topological polar surface area (TPSA) is 0 Å². The number of halogens is 2. The minimum Gasteiger partial charge on any atom is -0.207 e. The van der Waals surface area contributed by atoms with Crippen LogP contribution in [0.15, 0.2) is 12.1 Å². The SMILES string of the molecule is CCCCC[C@H]1CC[C@H](c2cc(F)c(CCC)c(F)c2)CC1. The van der Waals surface area contributed by atoms with E-state index >= 15 is 0 Å². The van der Waals surface area contributed by atoms with E-state index in [-0.39, 0.29) is 17.2 Å². The summed E-state index contributed by atoms with van der Waals surface area (Å²) in [5.41, 5.74) is 1.14. The molecule has 0 aliphatic heterocycles. The molecule has 2 heteroatoms. The third-order valence-corrected chi connectivity index (χ3v) is 5.20. The standard InChI is InChI=1S/C20H30F2/c1-3-5-6-8-15-9-11-16(12-10-15)17-13-19(21)18(7-4-2)20(22)14-17/h13-16H,3-12H2,1-2H3/t15-,16-. The molecule has 0 N–H and O–H groups in total. The van der Waals surface area contributed by atoms with Crippen molar-refractivity contribution in [3.63, 3.8) is 0 Å². The van der Waals surface area contributed by atoms with Gasteiger partial charge in [0.2, 0.25) is 0 Å². The Bertz CT molecular complexity index is 436. The highest BCUT2D eigenvalue weighted by Gasteiger charge is 2.23. The Labute approximate surface area is 134 Å². The number of hydrogen-bond donors (Lipinski definition) is 0. The summed E-state index contributed by atoms with van der Waals surface area (Å²) in [5.74, 6) is 0.489. The molecule has 0 spiro atoms. The monoisotopic (exact) mass is 308 g/mol. The van der Waals surface area contributed by atoms with E-state index < -0.39 is 0 Å². The second kappa shape index (κ2) is 8.64. The quantitative estimate of drug-likeness (QED) is 0.487. The summed E-state index contributed by atoms with van der Waals surface area (Å²) in [5, 5.41) is 0. The summed E-state index contributed by atoms with van der Waals surface area (Å²) in [6, 6.07) is 3.19. The second-order valence-corrected chi connectivity index (χ2v) is 6.93. The summed E-state index contributed by atoms with van der Waals surface area (Å²) >= 11 is 0. The average Bonchev–Trinajstić information content (AvgIpc) is 2.52. The van der Waals surface area contributed by atoms with Crippen LogP contribution in [0.2, 0.25) is 0 Å². The molecule has 1 aliphatic carbocycles. The van der Waals surface area contributed by atoms with Crippen LogP contribution in [0.1, 0.15) is 88.7 Å². The van der Waals surface area contributed by atoms with E-state index in [1.165, 1.54) is 38.5 Å². The van der Waals surface area contributed by atoms with Gasteiger partial charge in [0.15, 0.2) is 0 Å². The molecule has 0 heterocycles. The smallest absolute Gasteiger partial charge is 0.129 e. The van der Waals surface area contributed by atoms with Crippen LogP contribution in [0.25, 0.3) is 0 Å². The lowest BCUT2D eigenvalue weighted by Gasteiger charge is -2.29. The summed E-state index contributed by atoms with van der Waals surface area (Å²) in [4.78, 5) is 0. The van der Waals surface area contributed by atoms with E-state index in [9.17, 15) is 8.78 Å². The first-order chi connectivity index (χ1) is 10.7. The number of hydrogen-bond acceptors (Lipinski definition) is 0. The molecular weight excluding hydrogens is 278 g/mol. The van der Waals surface area contributed by atoms with E-state index in [4.69, 9.17) is 0 Å². The maximum absolute atomic E-state index is 14.1. The number of unbranched alkanes of at least 4 members (excludes halogenated alkanes) is 2. The van der Waals surface area contributed by atoms with E-state index in [0.29, 0.717) is 12.3 Å². The van der Waals surface area contributed by atoms with Gasteiger partial charge in [-0.25, -0.2) is 8.78 Å². The second-order valence-electron chi connectivity index (χ2n) is 6.93. The molecule has 1 aromatic carbocycles. The van der Waals surface area contributed by atoms with Crippen molar-refractivity contribution < 1.29 is 8.78 Å². The van der Waals surface area contributed by atoms with Crippen molar-refractivity contribution in [3.05, 3.63) is 34.9 Å². The van der Waals surface area contributed by atoms with Crippen LogP contribution >= 0.6 is 0 Å². The van der Waals surface area contributed by atoms with Crippen LogP contribution in [0.4, 0.5) is 8.78 Å². The van der Waals surface area contributed by atoms with E-state index in [2.05, 4.69) is 6.92 Å². The molecule has 0 atom stereocenters. The van der Waals surface area contributed by atoms with Crippen LogP contribution in [0.5, 0.6) is 0 Å². The predicted molar refractivity (Wildman–Crippen MR) is 89.2 cm³/mol. The third-order valence-electron chi connectivity index (χ3n) is 5.20. The van der Waals surface area contributed by atoms with Crippen LogP contribution in [0, 0.1) is 17.6 Å².